The molecule has 0 aliphatic carbocycles. The molecule has 0 saturated carbocycles. The molecule has 3 rings (SSSR count). The lowest BCUT2D eigenvalue weighted by Gasteiger charge is -2.03. The summed E-state index contributed by atoms with van der Waals surface area (Å²) in [4.78, 5) is 16.4. The van der Waals surface area contributed by atoms with Crippen molar-refractivity contribution in [3.8, 4) is 0 Å². The van der Waals surface area contributed by atoms with Crippen LogP contribution in [0.4, 0.5) is 5.95 Å². The third-order valence-electron chi connectivity index (χ3n) is 3.61. The molecule has 3 aromatic rings. The number of benzene rings is 1. The highest BCUT2D eigenvalue weighted by Gasteiger charge is 2.15. The van der Waals surface area contributed by atoms with E-state index in [1.54, 1.807) is 40.9 Å². The van der Waals surface area contributed by atoms with Crippen molar-refractivity contribution < 1.29 is 4.79 Å². The molecule has 9 heteroatoms. The Morgan fingerprint density at radius 2 is 2.00 bits per heavy atom. The molecule has 0 bridgehead atoms. The van der Waals surface area contributed by atoms with Gasteiger partial charge < -0.3 is 0 Å². The van der Waals surface area contributed by atoms with Gasteiger partial charge in [-0.15, -0.1) is 5.10 Å². The van der Waals surface area contributed by atoms with Gasteiger partial charge in [0.25, 0.3) is 5.91 Å². The van der Waals surface area contributed by atoms with E-state index in [4.69, 9.17) is 23.2 Å². The minimum absolute atomic E-state index is 0.230. The lowest BCUT2D eigenvalue weighted by molar-refractivity contribution is 0.102. The number of anilines is 1. The fraction of sp³-hybridized carbons (Fsp3) is 0.250. The molecule has 0 fully saturated rings. The number of carbonyl (C=O) groups excluding carboxylic acids is 1. The van der Waals surface area contributed by atoms with Gasteiger partial charge in [0, 0.05) is 12.7 Å². The summed E-state index contributed by atoms with van der Waals surface area (Å²) in [5.41, 5.74) is 2.09. The van der Waals surface area contributed by atoms with Crippen molar-refractivity contribution in [2.75, 3.05) is 5.32 Å². The molecule has 130 valence electrons. The predicted octanol–water partition coefficient (Wildman–Crippen LogP) is 3.41. The van der Waals surface area contributed by atoms with Crippen LogP contribution < -0.4 is 5.32 Å². The van der Waals surface area contributed by atoms with Crippen LogP contribution in [0.2, 0.25) is 10.0 Å². The molecular formula is C16H16Cl2N6O. The number of nitrogens with one attached hydrogen (secondary N) is 1. The molecule has 0 radical (unpaired) electrons. The van der Waals surface area contributed by atoms with Crippen molar-refractivity contribution in [2.24, 2.45) is 0 Å². The van der Waals surface area contributed by atoms with E-state index in [2.05, 4.69) is 20.5 Å². The van der Waals surface area contributed by atoms with Gasteiger partial charge >= 0.3 is 0 Å². The average Bonchev–Trinajstić information content (AvgIpc) is 3.17. The van der Waals surface area contributed by atoms with Crippen molar-refractivity contribution in [1.29, 1.82) is 0 Å². The molecule has 25 heavy (non-hydrogen) atoms. The average molecular weight is 379 g/mol. The normalized spacial score (nSPS) is 10.9. The van der Waals surface area contributed by atoms with E-state index in [9.17, 15) is 4.79 Å². The standard InChI is InChI=1S/C16H16Cl2N6O/c1-3-23-8-12(10(2)21-23)15(25)20-16-19-9-24(22-16)7-11-4-5-13(17)14(18)6-11/h4-6,8-9H,3,7H2,1-2H3,(H,20,22,25). The van der Waals surface area contributed by atoms with Crippen LogP contribution in [-0.4, -0.2) is 30.5 Å². The lowest BCUT2D eigenvalue weighted by atomic mass is 10.2. The predicted molar refractivity (Wildman–Crippen MR) is 96.2 cm³/mol. The Hall–Kier alpha value is -2.38. The van der Waals surface area contributed by atoms with E-state index in [-0.39, 0.29) is 11.9 Å². The molecule has 0 spiro atoms. The molecule has 2 heterocycles. The number of hydrogen-bond acceptors (Lipinski definition) is 4. The van der Waals surface area contributed by atoms with E-state index in [0.29, 0.717) is 34.4 Å². The highest BCUT2D eigenvalue weighted by atomic mass is 35.5. The number of aromatic nitrogens is 5. The van der Waals surface area contributed by atoms with Crippen molar-refractivity contribution in [3.63, 3.8) is 0 Å². The number of nitrogens with zero attached hydrogens (tertiary/aromatic N) is 5. The fourth-order valence-electron chi connectivity index (χ4n) is 2.32. The molecule has 0 aliphatic rings. The summed E-state index contributed by atoms with van der Waals surface area (Å²) in [5.74, 6) is -0.0572. The van der Waals surface area contributed by atoms with Gasteiger partial charge in [0.1, 0.15) is 6.33 Å². The first-order chi connectivity index (χ1) is 12.0. The van der Waals surface area contributed by atoms with Gasteiger partial charge in [-0.1, -0.05) is 29.3 Å². The molecule has 0 unspecified atom stereocenters. The van der Waals surface area contributed by atoms with Crippen LogP contribution >= 0.6 is 23.2 Å². The zero-order chi connectivity index (χ0) is 18.0. The Kier molecular flexibility index (Phi) is 5.06. The highest BCUT2D eigenvalue weighted by Crippen LogP contribution is 2.22. The monoisotopic (exact) mass is 378 g/mol. The summed E-state index contributed by atoms with van der Waals surface area (Å²) in [6.07, 6.45) is 3.25. The third kappa shape index (κ3) is 4.00. The van der Waals surface area contributed by atoms with E-state index in [1.807, 2.05) is 13.0 Å². The maximum Gasteiger partial charge on any atom is 0.261 e. The second-order valence-corrected chi connectivity index (χ2v) is 6.27. The maximum absolute atomic E-state index is 12.3. The van der Waals surface area contributed by atoms with E-state index < -0.39 is 0 Å². The summed E-state index contributed by atoms with van der Waals surface area (Å²) < 4.78 is 3.32. The van der Waals surface area contributed by atoms with Crippen molar-refractivity contribution in [1.82, 2.24) is 24.5 Å². The third-order valence-corrected chi connectivity index (χ3v) is 4.34. The van der Waals surface area contributed by atoms with Crippen molar-refractivity contribution in [3.05, 3.63) is 57.6 Å². The van der Waals surface area contributed by atoms with Crippen LogP contribution in [0, 0.1) is 6.92 Å². The van der Waals surface area contributed by atoms with Crippen LogP contribution in [-0.2, 0) is 13.1 Å². The van der Waals surface area contributed by atoms with E-state index >= 15 is 0 Å². The SMILES string of the molecule is CCn1cc(C(=O)Nc2ncn(Cc3ccc(Cl)c(Cl)c3)n2)c(C)n1. The Morgan fingerprint density at radius 1 is 1.20 bits per heavy atom. The molecule has 7 nitrogen and oxygen atoms in total. The van der Waals surface area contributed by atoms with Gasteiger partial charge in [-0.3, -0.25) is 14.8 Å². The molecule has 1 aromatic carbocycles. The van der Waals surface area contributed by atoms with E-state index in [0.717, 1.165) is 5.56 Å². The first-order valence-corrected chi connectivity index (χ1v) is 8.40. The topological polar surface area (TPSA) is 77.6 Å². The van der Waals surface area contributed by atoms with Crippen LogP contribution in [0.3, 0.4) is 0 Å². The van der Waals surface area contributed by atoms with Gasteiger partial charge in [-0.25, -0.2) is 9.67 Å². The second-order valence-electron chi connectivity index (χ2n) is 5.45. The molecule has 0 saturated heterocycles. The summed E-state index contributed by atoms with van der Waals surface area (Å²) in [5, 5.41) is 12.2. The Bertz CT molecular complexity index is 917. The Morgan fingerprint density at radius 3 is 2.68 bits per heavy atom. The number of aryl methyl sites for hydroxylation is 2. The first-order valence-electron chi connectivity index (χ1n) is 7.65. The van der Waals surface area contributed by atoms with Gasteiger partial charge in [-0.05, 0) is 31.5 Å². The largest absolute Gasteiger partial charge is 0.289 e. The van der Waals surface area contributed by atoms with Crippen LogP contribution in [0.1, 0.15) is 28.5 Å². The highest BCUT2D eigenvalue weighted by molar-refractivity contribution is 6.42. The molecule has 2 aromatic heterocycles. The number of hydrogen-bond donors (Lipinski definition) is 1. The number of halogens is 2. The minimum Gasteiger partial charge on any atom is -0.289 e. The zero-order valence-electron chi connectivity index (χ0n) is 13.7. The fourth-order valence-corrected chi connectivity index (χ4v) is 2.65. The summed E-state index contributed by atoms with van der Waals surface area (Å²) in [7, 11) is 0. The van der Waals surface area contributed by atoms with Gasteiger partial charge in [0.2, 0.25) is 5.95 Å². The number of amides is 1. The van der Waals surface area contributed by atoms with Crippen LogP contribution in [0.25, 0.3) is 0 Å². The lowest BCUT2D eigenvalue weighted by Crippen LogP contribution is -2.14. The quantitative estimate of drug-likeness (QED) is 0.737. The summed E-state index contributed by atoms with van der Waals surface area (Å²) in [6.45, 7) is 4.91. The van der Waals surface area contributed by atoms with Crippen molar-refractivity contribution >= 4 is 35.1 Å². The zero-order valence-corrected chi connectivity index (χ0v) is 15.2. The first kappa shape index (κ1) is 17.4. The van der Waals surface area contributed by atoms with Crippen LogP contribution in [0.5, 0.6) is 0 Å². The smallest absolute Gasteiger partial charge is 0.261 e. The molecular weight excluding hydrogens is 363 g/mol. The molecule has 0 aliphatic heterocycles. The Balaban J connectivity index is 1.69. The van der Waals surface area contributed by atoms with Gasteiger partial charge in [0.05, 0.1) is 27.8 Å². The van der Waals surface area contributed by atoms with E-state index in [1.165, 1.54) is 0 Å². The number of carbonyl (C=O) groups is 1. The molecule has 1 N–H and O–H groups in total. The molecule has 0 atom stereocenters. The molecule has 1 amide bonds. The summed E-state index contributed by atoms with van der Waals surface area (Å²) in [6, 6.07) is 5.36. The van der Waals surface area contributed by atoms with Crippen LogP contribution in [0.15, 0.2) is 30.7 Å². The van der Waals surface area contributed by atoms with Gasteiger partial charge in [-0.2, -0.15) is 5.10 Å². The second kappa shape index (κ2) is 7.25. The van der Waals surface area contributed by atoms with Gasteiger partial charge in [0.15, 0.2) is 0 Å². The number of rotatable bonds is 5. The Labute approximate surface area is 154 Å². The maximum atomic E-state index is 12.3. The minimum atomic E-state index is -0.288. The summed E-state index contributed by atoms with van der Waals surface area (Å²) >= 11 is 11.9. The van der Waals surface area contributed by atoms with Crippen molar-refractivity contribution in [2.45, 2.75) is 26.9 Å².